The van der Waals surface area contributed by atoms with E-state index in [9.17, 15) is 44.4 Å². The number of carbonyl (C=O) groups excluding carboxylic acids is 2. The first-order valence-corrected chi connectivity index (χ1v) is 18.6. The molecular weight excluding hydrogens is 743 g/mol. The summed E-state index contributed by atoms with van der Waals surface area (Å²) in [6.07, 6.45) is 1.55. The lowest BCUT2D eigenvalue weighted by Crippen LogP contribution is -2.38. The van der Waals surface area contributed by atoms with Gasteiger partial charge in [0.15, 0.2) is 0 Å². The van der Waals surface area contributed by atoms with Crippen molar-refractivity contribution in [1.82, 2.24) is 4.57 Å². The molecule has 3 N–H and O–H groups in total. The van der Waals surface area contributed by atoms with E-state index in [2.05, 4.69) is 21.6 Å². The number of hydrogen-bond donors (Lipinski definition) is 3. The van der Waals surface area contributed by atoms with Crippen LogP contribution in [-0.4, -0.2) is 67.9 Å². The van der Waals surface area contributed by atoms with Crippen LogP contribution in [0.1, 0.15) is 87.8 Å². The lowest BCUT2D eigenvalue weighted by Gasteiger charge is -2.26. The molecule has 2 aromatic carbocycles. The number of nitrogens with zero attached hydrogens (tertiary/aromatic N) is 3. The highest BCUT2D eigenvalue weighted by atomic mass is 19.1. The molecule has 5 atom stereocenters. The molecule has 0 saturated heterocycles. The molecule has 1 aromatic heterocycles. The zero-order valence-electron chi connectivity index (χ0n) is 32.7. The summed E-state index contributed by atoms with van der Waals surface area (Å²) in [4.78, 5) is 57.5. The molecule has 3 rings (SSSR count). The molecule has 0 radical (unpaired) electrons. The Balaban J connectivity index is 1.86. The third-order valence-electron chi connectivity index (χ3n) is 9.11. The van der Waals surface area contributed by atoms with Crippen molar-refractivity contribution in [3.8, 4) is 11.3 Å². The SMILES string of the molecule is C=C/C=C(\C=C/C)c1c(C(=O)Nc2ccccc2)c(C(C)C)n(CC[C@@H](O)C[C@@H](O)CC(=O)OCCC(C)C(O[N+](=O)[O-])C(C)O[N+](=O)[O-])c1-c1ccc(F)cc1. The van der Waals surface area contributed by atoms with E-state index in [1.165, 1.54) is 26.0 Å². The fraction of sp³-hybridized carbons (Fsp3) is 0.415. The lowest BCUT2D eigenvalue weighted by molar-refractivity contribution is -0.799. The van der Waals surface area contributed by atoms with E-state index in [1.807, 2.05) is 43.6 Å². The maximum atomic E-state index is 14.3. The van der Waals surface area contributed by atoms with Crippen LogP contribution in [0.3, 0.4) is 0 Å². The molecule has 0 spiro atoms. The Bertz CT molecular complexity index is 1890. The smallest absolute Gasteiger partial charge is 0.308 e. The van der Waals surface area contributed by atoms with Gasteiger partial charge >= 0.3 is 5.97 Å². The van der Waals surface area contributed by atoms with Crippen molar-refractivity contribution in [1.29, 1.82) is 0 Å². The number of rotatable bonds is 23. The van der Waals surface area contributed by atoms with Crippen LogP contribution < -0.4 is 5.32 Å². The van der Waals surface area contributed by atoms with Crippen LogP contribution in [0.4, 0.5) is 10.1 Å². The molecule has 0 aliphatic heterocycles. The molecule has 0 bridgehead atoms. The number of hydrogen-bond acceptors (Lipinski definition) is 11. The maximum absolute atomic E-state index is 14.3. The van der Waals surface area contributed by atoms with Crippen molar-refractivity contribution in [2.75, 3.05) is 11.9 Å². The Morgan fingerprint density at radius 2 is 1.60 bits per heavy atom. The summed E-state index contributed by atoms with van der Waals surface area (Å²) in [7, 11) is 0. The van der Waals surface area contributed by atoms with Gasteiger partial charge in [0.2, 0.25) is 0 Å². The quantitative estimate of drug-likeness (QED) is 0.0372. The van der Waals surface area contributed by atoms with Gasteiger partial charge in [0.05, 0.1) is 36.5 Å². The van der Waals surface area contributed by atoms with Gasteiger partial charge in [0, 0.05) is 23.5 Å². The number of halogens is 1. The minimum Gasteiger partial charge on any atom is -0.466 e. The van der Waals surface area contributed by atoms with Crippen molar-refractivity contribution in [2.45, 2.75) is 97.2 Å². The number of aliphatic hydroxyl groups is 2. The van der Waals surface area contributed by atoms with Crippen LogP contribution in [0.15, 0.2) is 85.5 Å². The van der Waals surface area contributed by atoms with Gasteiger partial charge in [0.25, 0.3) is 16.1 Å². The Kier molecular flexibility index (Phi) is 17.6. The van der Waals surface area contributed by atoms with Crippen molar-refractivity contribution >= 4 is 23.1 Å². The second-order valence-corrected chi connectivity index (χ2v) is 13.8. The third-order valence-corrected chi connectivity index (χ3v) is 9.11. The van der Waals surface area contributed by atoms with E-state index >= 15 is 0 Å². The number of anilines is 1. The molecule has 0 aliphatic carbocycles. The summed E-state index contributed by atoms with van der Waals surface area (Å²) in [6.45, 7) is 12.3. The van der Waals surface area contributed by atoms with Crippen LogP contribution in [0.25, 0.3) is 16.8 Å². The van der Waals surface area contributed by atoms with Crippen LogP contribution in [0.5, 0.6) is 0 Å². The van der Waals surface area contributed by atoms with Gasteiger partial charge in [-0.3, -0.25) is 9.59 Å². The van der Waals surface area contributed by atoms with E-state index in [0.29, 0.717) is 39.3 Å². The largest absolute Gasteiger partial charge is 0.466 e. The van der Waals surface area contributed by atoms with Crippen molar-refractivity contribution in [3.05, 3.63) is 128 Å². The standard InChI is InChI=1S/C41H51FN4O11/c1-7-12-29(13-8-2)36-37(41(50)43-32-14-10-9-11-15-32)38(26(3)4)44(39(36)30-16-18-31(42)19-17-30)22-20-33(47)24-34(48)25-35(49)55-23-21-27(5)40(57-46(53)54)28(6)56-45(51)52/h7-19,26-28,33-34,40,47-48H,1,20-25H2,2-6H3,(H,43,50)/b13-8-,29-12+/t27?,28?,33-,34-,40?/m1/s1. The molecule has 0 aliphatic rings. The summed E-state index contributed by atoms with van der Waals surface area (Å²) < 4.78 is 21.4. The zero-order valence-corrected chi connectivity index (χ0v) is 32.7. The highest BCUT2D eigenvalue weighted by molar-refractivity contribution is 6.11. The number of ether oxygens (including phenoxy) is 1. The summed E-state index contributed by atoms with van der Waals surface area (Å²) >= 11 is 0. The van der Waals surface area contributed by atoms with Gasteiger partial charge in [0.1, 0.15) is 18.0 Å². The highest BCUT2D eigenvalue weighted by Crippen LogP contribution is 2.41. The Morgan fingerprint density at radius 1 is 0.947 bits per heavy atom. The van der Waals surface area contributed by atoms with Crippen LogP contribution >= 0.6 is 0 Å². The van der Waals surface area contributed by atoms with Crippen LogP contribution in [-0.2, 0) is 25.8 Å². The zero-order chi connectivity index (χ0) is 42.2. The first-order valence-electron chi connectivity index (χ1n) is 18.6. The molecule has 1 heterocycles. The minimum absolute atomic E-state index is 0.0327. The number of carbonyl (C=O) groups is 2. The Labute approximate surface area is 330 Å². The normalized spacial score (nSPS) is 14.4. The molecule has 3 aromatic rings. The molecule has 57 heavy (non-hydrogen) atoms. The Morgan fingerprint density at radius 3 is 2.18 bits per heavy atom. The lowest BCUT2D eigenvalue weighted by atomic mass is 9.93. The average molecular weight is 795 g/mol. The van der Waals surface area contributed by atoms with E-state index < -0.39 is 58.7 Å². The molecular formula is C41H51FN4O11. The number of benzene rings is 2. The first kappa shape index (κ1) is 45.5. The third kappa shape index (κ3) is 13.4. The maximum Gasteiger partial charge on any atom is 0.308 e. The van der Waals surface area contributed by atoms with Gasteiger partial charge in [-0.2, -0.15) is 0 Å². The molecule has 0 fully saturated rings. The first-order chi connectivity index (χ1) is 27.1. The fourth-order valence-corrected chi connectivity index (χ4v) is 6.65. The van der Waals surface area contributed by atoms with E-state index in [0.717, 1.165) is 0 Å². The van der Waals surface area contributed by atoms with Crippen molar-refractivity contribution in [2.24, 2.45) is 5.92 Å². The highest BCUT2D eigenvalue weighted by Gasteiger charge is 2.32. The molecule has 308 valence electrons. The van der Waals surface area contributed by atoms with Gasteiger partial charge in [-0.05, 0) is 92.5 Å². The number of nitrogens with one attached hydrogen (secondary N) is 1. The number of aliphatic hydroxyl groups excluding tert-OH is 2. The second kappa shape index (κ2) is 22.0. The second-order valence-electron chi connectivity index (χ2n) is 13.8. The minimum atomic E-state index is -1.32. The van der Waals surface area contributed by atoms with Gasteiger partial charge in [-0.1, -0.05) is 69.9 Å². The predicted octanol–water partition coefficient (Wildman–Crippen LogP) is 7.45. The van der Waals surface area contributed by atoms with Gasteiger partial charge < -0.3 is 34.5 Å². The summed E-state index contributed by atoms with van der Waals surface area (Å²) in [5.74, 6) is -2.51. The van der Waals surface area contributed by atoms with E-state index in [4.69, 9.17) is 4.74 Å². The number of para-hydroxylation sites is 1. The summed E-state index contributed by atoms with van der Waals surface area (Å²) in [5.41, 5.74) is 4.12. The predicted molar refractivity (Wildman–Crippen MR) is 211 cm³/mol. The van der Waals surface area contributed by atoms with E-state index in [1.54, 1.807) is 48.6 Å². The summed E-state index contributed by atoms with van der Waals surface area (Å²) in [6, 6.07) is 14.9. The number of aromatic nitrogens is 1. The molecule has 1 amide bonds. The molecule has 0 saturated carbocycles. The molecule has 3 unspecified atom stereocenters. The van der Waals surface area contributed by atoms with Crippen molar-refractivity contribution < 1.29 is 48.8 Å². The Hall–Kier alpha value is -5.87. The van der Waals surface area contributed by atoms with Crippen molar-refractivity contribution in [3.63, 3.8) is 0 Å². The van der Waals surface area contributed by atoms with Gasteiger partial charge in [-0.25, -0.2) is 4.39 Å². The van der Waals surface area contributed by atoms with Gasteiger partial charge in [-0.15, -0.1) is 20.2 Å². The number of allylic oxidation sites excluding steroid dienone is 5. The van der Waals surface area contributed by atoms with Crippen LogP contribution in [0.2, 0.25) is 0 Å². The number of esters is 1. The van der Waals surface area contributed by atoms with Crippen LogP contribution in [0, 0.1) is 32.0 Å². The van der Waals surface area contributed by atoms with E-state index in [-0.39, 0.29) is 44.2 Å². The molecule has 15 nitrogen and oxygen atoms in total. The fourth-order valence-electron chi connectivity index (χ4n) is 6.65. The average Bonchev–Trinajstić information content (AvgIpc) is 3.48. The summed E-state index contributed by atoms with van der Waals surface area (Å²) in [5, 5.41) is 44.4. The number of amides is 1. The molecule has 16 heteroatoms. The topological polar surface area (TPSA) is 206 Å². The monoisotopic (exact) mass is 794 g/mol.